The van der Waals surface area contributed by atoms with E-state index >= 15 is 0 Å². The molecule has 0 saturated carbocycles. The minimum absolute atomic E-state index is 0.130. The third-order valence-electron chi connectivity index (χ3n) is 4.70. The minimum atomic E-state index is -0.779. The van der Waals surface area contributed by atoms with Crippen LogP contribution in [0.15, 0.2) is 67.0 Å². The summed E-state index contributed by atoms with van der Waals surface area (Å²) in [6.45, 7) is 0.441. The van der Waals surface area contributed by atoms with Gasteiger partial charge in [-0.15, -0.1) is 0 Å². The Balaban J connectivity index is 1.50. The molecule has 0 N–H and O–H groups in total. The molecule has 0 saturated heterocycles. The number of thiazole rings is 1. The Hall–Kier alpha value is -3.16. The lowest BCUT2D eigenvalue weighted by Gasteiger charge is -2.29. The van der Waals surface area contributed by atoms with E-state index in [4.69, 9.17) is 21.1 Å². The van der Waals surface area contributed by atoms with Crippen molar-refractivity contribution in [3.05, 3.63) is 77.6 Å². The van der Waals surface area contributed by atoms with Crippen LogP contribution in [0, 0.1) is 0 Å². The third-order valence-corrected chi connectivity index (χ3v) is 6.05. The number of benzene rings is 2. The maximum Gasteiger partial charge on any atom is 0.273 e. The normalized spacial score (nSPS) is 15.2. The standard InChI is InChI=1S/C22H16ClN3O3S/c23-15-6-3-9-19-20(15)25-22(30-19)26(12-14-5-4-10-24-11-14)21(27)18-13-28-16-7-1-2-8-17(16)29-18/h1-11,18H,12-13H2/t18-/m1/s1. The number of pyridine rings is 1. The SMILES string of the molecule is O=C([C@H]1COc2ccccc2O1)N(Cc1cccnc1)c1nc2c(Cl)cccc2s1. The molecule has 0 spiro atoms. The Morgan fingerprint density at radius 2 is 2.00 bits per heavy atom. The molecule has 0 unspecified atom stereocenters. The van der Waals surface area contributed by atoms with Crippen LogP contribution in [-0.4, -0.2) is 28.6 Å². The van der Waals surface area contributed by atoms with E-state index in [1.54, 1.807) is 29.4 Å². The summed E-state index contributed by atoms with van der Waals surface area (Å²) in [4.78, 5) is 23.9. The number of hydrogen-bond donors (Lipinski definition) is 0. The van der Waals surface area contributed by atoms with E-state index in [-0.39, 0.29) is 12.5 Å². The largest absolute Gasteiger partial charge is 0.485 e. The van der Waals surface area contributed by atoms with Crippen molar-refractivity contribution in [2.24, 2.45) is 0 Å². The highest BCUT2D eigenvalue weighted by Gasteiger charge is 2.33. The van der Waals surface area contributed by atoms with Gasteiger partial charge in [-0.25, -0.2) is 4.98 Å². The average molecular weight is 438 g/mol. The molecule has 5 rings (SSSR count). The van der Waals surface area contributed by atoms with Gasteiger partial charge in [0.15, 0.2) is 16.6 Å². The molecular formula is C22H16ClN3O3S. The first-order chi connectivity index (χ1) is 14.7. The van der Waals surface area contributed by atoms with Crippen molar-refractivity contribution in [3.8, 4) is 11.5 Å². The zero-order valence-corrected chi connectivity index (χ0v) is 17.3. The van der Waals surface area contributed by atoms with Gasteiger partial charge in [0.1, 0.15) is 12.1 Å². The summed E-state index contributed by atoms with van der Waals surface area (Å²) in [5.41, 5.74) is 1.56. The number of carbonyl (C=O) groups is 1. The number of ether oxygens (including phenoxy) is 2. The van der Waals surface area contributed by atoms with Gasteiger partial charge in [-0.3, -0.25) is 14.7 Å². The topological polar surface area (TPSA) is 64.6 Å². The molecule has 30 heavy (non-hydrogen) atoms. The van der Waals surface area contributed by atoms with Gasteiger partial charge < -0.3 is 9.47 Å². The number of nitrogens with zero attached hydrogens (tertiary/aromatic N) is 3. The fourth-order valence-corrected chi connectivity index (χ4v) is 4.52. The highest BCUT2D eigenvalue weighted by Crippen LogP contribution is 2.35. The minimum Gasteiger partial charge on any atom is -0.485 e. The molecule has 2 aromatic carbocycles. The van der Waals surface area contributed by atoms with Gasteiger partial charge >= 0.3 is 0 Å². The Morgan fingerprint density at radius 3 is 2.80 bits per heavy atom. The molecule has 1 aliphatic rings. The van der Waals surface area contributed by atoms with Crippen molar-refractivity contribution >= 4 is 44.2 Å². The fourth-order valence-electron chi connectivity index (χ4n) is 3.25. The van der Waals surface area contributed by atoms with Crippen LogP contribution in [0.5, 0.6) is 11.5 Å². The van der Waals surface area contributed by atoms with Crippen molar-refractivity contribution in [3.63, 3.8) is 0 Å². The third kappa shape index (κ3) is 3.58. The molecule has 2 aromatic heterocycles. The highest BCUT2D eigenvalue weighted by atomic mass is 35.5. The summed E-state index contributed by atoms with van der Waals surface area (Å²) in [5.74, 6) is 0.950. The first-order valence-corrected chi connectivity index (χ1v) is 10.5. The van der Waals surface area contributed by atoms with E-state index in [0.717, 1.165) is 10.3 Å². The zero-order valence-electron chi connectivity index (χ0n) is 15.7. The summed E-state index contributed by atoms with van der Waals surface area (Å²) < 4.78 is 12.6. The molecular weight excluding hydrogens is 422 g/mol. The van der Waals surface area contributed by atoms with Gasteiger partial charge in [-0.2, -0.15) is 0 Å². The van der Waals surface area contributed by atoms with Crippen LogP contribution in [0.1, 0.15) is 5.56 Å². The number of hydrogen-bond acceptors (Lipinski definition) is 6. The van der Waals surface area contributed by atoms with Gasteiger partial charge in [-0.05, 0) is 35.9 Å². The maximum atomic E-state index is 13.5. The molecule has 0 aliphatic carbocycles. The molecule has 1 aliphatic heterocycles. The van der Waals surface area contributed by atoms with Crippen molar-refractivity contribution in [2.75, 3.05) is 11.5 Å². The van der Waals surface area contributed by atoms with Gasteiger partial charge in [0.05, 0.1) is 16.3 Å². The Labute approximate surface area is 181 Å². The van der Waals surface area contributed by atoms with Crippen LogP contribution in [0.3, 0.4) is 0 Å². The summed E-state index contributed by atoms with van der Waals surface area (Å²) in [6, 6.07) is 16.7. The molecule has 8 heteroatoms. The number of fused-ring (bicyclic) bond motifs is 2. The monoisotopic (exact) mass is 437 g/mol. The van der Waals surface area contributed by atoms with Crippen LogP contribution in [0.4, 0.5) is 5.13 Å². The van der Waals surface area contributed by atoms with Gasteiger partial charge in [0.25, 0.3) is 5.91 Å². The van der Waals surface area contributed by atoms with Crippen molar-refractivity contribution < 1.29 is 14.3 Å². The van der Waals surface area contributed by atoms with Gasteiger partial charge in [0.2, 0.25) is 6.10 Å². The fraction of sp³-hybridized carbons (Fsp3) is 0.136. The van der Waals surface area contributed by atoms with Crippen LogP contribution < -0.4 is 14.4 Å². The summed E-state index contributed by atoms with van der Waals surface area (Å²) >= 11 is 7.72. The van der Waals surface area contributed by atoms with Gasteiger partial charge in [0, 0.05) is 12.4 Å². The van der Waals surface area contributed by atoms with Crippen LogP contribution in [0.2, 0.25) is 5.02 Å². The van der Waals surface area contributed by atoms with E-state index in [2.05, 4.69) is 9.97 Å². The zero-order chi connectivity index (χ0) is 20.5. The van der Waals surface area contributed by atoms with Crippen LogP contribution >= 0.6 is 22.9 Å². The molecule has 3 heterocycles. The summed E-state index contributed by atoms with van der Waals surface area (Å²) in [5, 5.41) is 1.10. The number of amides is 1. The second-order valence-electron chi connectivity index (χ2n) is 6.73. The van der Waals surface area contributed by atoms with Crippen molar-refractivity contribution in [1.82, 2.24) is 9.97 Å². The molecule has 150 valence electrons. The van der Waals surface area contributed by atoms with Gasteiger partial charge in [-0.1, -0.05) is 47.2 Å². The van der Waals surface area contributed by atoms with Crippen LogP contribution in [0.25, 0.3) is 10.2 Å². The first kappa shape index (κ1) is 18.8. The second-order valence-corrected chi connectivity index (χ2v) is 8.15. The molecule has 0 fully saturated rings. The molecule has 1 atom stereocenters. The lowest BCUT2D eigenvalue weighted by atomic mass is 10.2. The number of carbonyl (C=O) groups excluding carboxylic acids is 1. The number of rotatable bonds is 4. The molecule has 0 radical (unpaired) electrons. The van der Waals surface area contributed by atoms with E-state index in [1.807, 2.05) is 42.5 Å². The van der Waals surface area contributed by atoms with E-state index in [1.165, 1.54) is 11.3 Å². The number of aromatic nitrogens is 2. The lowest BCUT2D eigenvalue weighted by Crippen LogP contribution is -2.46. The quantitative estimate of drug-likeness (QED) is 0.462. The summed E-state index contributed by atoms with van der Waals surface area (Å²) in [6.07, 6.45) is 2.65. The molecule has 4 aromatic rings. The predicted octanol–water partition coefficient (Wildman–Crippen LogP) is 4.72. The van der Waals surface area contributed by atoms with E-state index < -0.39 is 6.10 Å². The van der Waals surface area contributed by atoms with E-state index in [0.29, 0.717) is 33.7 Å². The number of para-hydroxylation sites is 3. The Bertz CT molecular complexity index is 1210. The summed E-state index contributed by atoms with van der Waals surface area (Å²) in [7, 11) is 0. The van der Waals surface area contributed by atoms with E-state index in [9.17, 15) is 4.79 Å². The number of halogens is 1. The predicted molar refractivity (Wildman–Crippen MR) is 116 cm³/mol. The smallest absolute Gasteiger partial charge is 0.273 e. The highest BCUT2D eigenvalue weighted by molar-refractivity contribution is 7.22. The Kier molecular flexibility index (Phi) is 4.98. The molecule has 1 amide bonds. The van der Waals surface area contributed by atoms with Crippen molar-refractivity contribution in [1.29, 1.82) is 0 Å². The lowest BCUT2D eigenvalue weighted by molar-refractivity contribution is -0.127. The maximum absolute atomic E-state index is 13.5. The van der Waals surface area contributed by atoms with Crippen molar-refractivity contribution in [2.45, 2.75) is 12.6 Å². The second kappa shape index (κ2) is 7.93. The number of anilines is 1. The van der Waals surface area contributed by atoms with Crippen LogP contribution in [-0.2, 0) is 11.3 Å². The molecule has 6 nitrogen and oxygen atoms in total. The first-order valence-electron chi connectivity index (χ1n) is 9.33. The average Bonchev–Trinajstić information content (AvgIpc) is 3.23. The molecule has 0 bridgehead atoms. The Morgan fingerprint density at radius 1 is 1.13 bits per heavy atom.